The number of nitrogens with one attached hydrogen (secondary N) is 2. The molecule has 0 saturated carbocycles. The number of imidazole rings is 1. The SMILES string of the molecule is O=C(O)NC(=O)c1nc2ccccc2[nH]1. The van der Waals surface area contributed by atoms with Gasteiger partial charge in [0.25, 0.3) is 5.91 Å². The smallest absolute Gasteiger partial charge is 0.411 e. The van der Waals surface area contributed by atoms with Crippen LogP contribution in [0.1, 0.15) is 10.6 Å². The number of rotatable bonds is 1. The van der Waals surface area contributed by atoms with Gasteiger partial charge in [0.05, 0.1) is 11.0 Å². The second-order valence-corrected chi connectivity index (χ2v) is 2.86. The molecule has 6 nitrogen and oxygen atoms in total. The predicted octanol–water partition coefficient (Wildman–Crippen LogP) is 0.971. The van der Waals surface area contributed by atoms with Crippen molar-refractivity contribution >= 4 is 23.0 Å². The molecular weight excluding hydrogens is 198 g/mol. The van der Waals surface area contributed by atoms with Gasteiger partial charge in [0.15, 0.2) is 5.82 Å². The Labute approximate surface area is 83.9 Å². The molecule has 0 spiro atoms. The highest BCUT2D eigenvalue weighted by molar-refractivity contribution is 6.01. The maximum Gasteiger partial charge on any atom is 0.411 e. The highest BCUT2D eigenvalue weighted by Gasteiger charge is 2.12. The first-order valence-electron chi connectivity index (χ1n) is 4.16. The second-order valence-electron chi connectivity index (χ2n) is 2.86. The number of hydrogen-bond donors (Lipinski definition) is 3. The molecule has 0 saturated heterocycles. The summed E-state index contributed by atoms with van der Waals surface area (Å²) in [4.78, 5) is 28.1. The van der Waals surface area contributed by atoms with Crippen LogP contribution in [0.5, 0.6) is 0 Å². The molecule has 1 heterocycles. The molecule has 0 fully saturated rings. The molecule has 3 N–H and O–H groups in total. The summed E-state index contributed by atoms with van der Waals surface area (Å²) in [6.45, 7) is 0. The van der Waals surface area contributed by atoms with Crippen LogP contribution in [0, 0.1) is 0 Å². The predicted molar refractivity (Wildman–Crippen MR) is 51.6 cm³/mol. The third-order valence-electron chi connectivity index (χ3n) is 1.82. The highest BCUT2D eigenvalue weighted by atomic mass is 16.4. The van der Waals surface area contributed by atoms with Crippen LogP contribution in [0.25, 0.3) is 11.0 Å². The summed E-state index contributed by atoms with van der Waals surface area (Å²) in [6.07, 6.45) is -1.40. The molecule has 0 aliphatic rings. The van der Waals surface area contributed by atoms with Crippen molar-refractivity contribution in [3.05, 3.63) is 30.1 Å². The number of carboxylic acid groups (broad SMARTS) is 1. The van der Waals surface area contributed by atoms with E-state index in [4.69, 9.17) is 5.11 Å². The Kier molecular flexibility index (Phi) is 2.09. The van der Waals surface area contributed by atoms with Crippen molar-refractivity contribution in [1.29, 1.82) is 0 Å². The van der Waals surface area contributed by atoms with Crippen molar-refractivity contribution < 1.29 is 14.7 Å². The molecule has 0 unspecified atom stereocenters. The number of carbonyl (C=O) groups is 2. The van der Waals surface area contributed by atoms with E-state index in [0.717, 1.165) is 0 Å². The standard InChI is InChI=1S/C9H7N3O3/c13-8(12-9(14)15)7-10-5-3-1-2-4-6(5)11-7/h1-4H,(H,10,11)(H,12,13)(H,14,15). The van der Waals surface area contributed by atoms with Crippen LogP contribution in [0.15, 0.2) is 24.3 Å². The Bertz CT molecular complexity index is 499. The zero-order valence-corrected chi connectivity index (χ0v) is 7.52. The van der Waals surface area contributed by atoms with Gasteiger partial charge >= 0.3 is 6.09 Å². The van der Waals surface area contributed by atoms with Crippen molar-refractivity contribution in [2.24, 2.45) is 0 Å². The molecule has 2 rings (SSSR count). The molecule has 0 bridgehead atoms. The molecule has 2 amide bonds. The number of aromatic nitrogens is 2. The first-order chi connectivity index (χ1) is 7.16. The molecule has 0 radical (unpaired) electrons. The first kappa shape index (κ1) is 9.20. The highest BCUT2D eigenvalue weighted by Crippen LogP contribution is 2.09. The van der Waals surface area contributed by atoms with Gasteiger partial charge in [-0.1, -0.05) is 12.1 Å². The van der Waals surface area contributed by atoms with Crippen LogP contribution in [-0.4, -0.2) is 27.1 Å². The van der Waals surface area contributed by atoms with Crippen molar-refractivity contribution in [2.75, 3.05) is 0 Å². The zero-order chi connectivity index (χ0) is 10.8. The number of carbonyl (C=O) groups excluding carboxylic acids is 1. The summed E-state index contributed by atoms with van der Waals surface area (Å²) < 4.78 is 0. The fourth-order valence-corrected chi connectivity index (χ4v) is 1.22. The largest absolute Gasteiger partial charge is 0.465 e. The van der Waals surface area contributed by atoms with E-state index in [-0.39, 0.29) is 5.82 Å². The van der Waals surface area contributed by atoms with E-state index in [1.165, 1.54) is 0 Å². The number of nitrogens with zero attached hydrogens (tertiary/aromatic N) is 1. The number of benzene rings is 1. The van der Waals surface area contributed by atoms with Gasteiger partial charge in [-0.25, -0.2) is 9.78 Å². The third-order valence-corrected chi connectivity index (χ3v) is 1.82. The van der Waals surface area contributed by atoms with Crippen LogP contribution < -0.4 is 5.32 Å². The van der Waals surface area contributed by atoms with Gasteiger partial charge in [0, 0.05) is 0 Å². The molecule has 6 heteroatoms. The molecule has 76 valence electrons. The molecule has 1 aromatic carbocycles. The Morgan fingerprint density at radius 1 is 1.33 bits per heavy atom. The average molecular weight is 205 g/mol. The minimum Gasteiger partial charge on any atom is -0.465 e. The number of imide groups is 1. The monoisotopic (exact) mass is 205 g/mol. The van der Waals surface area contributed by atoms with Gasteiger partial charge in [-0.15, -0.1) is 0 Å². The third kappa shape index (κ3) is 1.78. The number of H-pyrrole nitrogens is 1. The van der Waals surface area contributed by atoms with E-state index in [9.17, 15) is 9.59 Å². The summed E-state index contributed by atoms with van der Waals surface area (Å²) in [6, 6.07) is 7.05. The van der Waals surface area contributed by atoms with Gasteiger partial charge in [-0.05, 0) is 12.1 Å². The molecular formula is C9H7N3O3. The molecule has 15 heavy (non-hydrogen) atoms. The summed E-state index contributed by atoms with van der Waals surface area (Å²) in [5, 5.41) is 10.1. The van der Waals surface area contributed by atoms with Gasteiger partial charge < -0.3 is 10.1 Å². The Morgan fingerprint density at radius 3 is 2.73 bits per heavy atom. The van der Waals surface area contributed by atoms with E-state index in [1.54, 1.807) is 29.6 Å². The number of hydrogen-bond acceptors (Lipinski definition) is 3. The van der Waals surface area contributed by atoms with E-state index in [0.29, 0.717) is 11.0 Å². The first-order valence-corrected chi connectivity index (χ1v) is 4.16. The zero-order valence-electron chi connectivity index (χ0n) is 7.52. The number of fused-ring (bicyclic) bond motifs is 1. The average Bonchev–Trinajstić information content (AvgIpc) is 2.59. The van der Waals surface area contributed by atoms with Crippen molar-refractivity contribution in [3.63, 3.8) is 0 Å². The molecule has 0 aliphatic carbocycles. The Morgan fingerprint density at radius 2 is 2.07 bits per heavy atom. The minimum atomic E-state index is -1.40. The summed E-state index contributed by atoms with van der Waals surface area (Å²) in [5.41, 5.74) is 1.31. The van der Waals surface area contributed by atoms with Crippen LogP contribution in [-0.2, 0) is 0 Å². The van der Waals surface area contributed by atoms with E-state index >= 15 is 0 Å². The molecule has 1 aromatic heterocycles. The van der Waals surface area contributed by atoms with Crippen molar-refractivity contribution in [3.8, 4) is 0 Å². The van der Waals surface area contributed by atoms with Crippen molar-refractivity contribution in [2.45, 2.75) is 0 Å². The topological polar surface area (TPSA) is 95.1 Å². The Balaban J connectivity index is 2.36. The quantitative estimate of drug-likeness (QED) is 0.646. The van der Waals surface area contributed by atoms with Crippen LogP contribution in [0.2, 0.25) is 0 Å². The fraction of sp³-hybridized carbons (Fsp3) is 0. The minimum absolute atomic E-state index is 0.0152. The van der Waals surface area contributed by atoms with Gasteiger partial charge in [-0.2, -0.15) is 0 Å². The lowest BCUT2D eigenvalue weighted by atomic mass is 10.3. The molecule has 2 aromatic rings. The van der Waals surface area contributed by atoms with Crippen LogP contribution in [0.3, 0.4) is 0 Å². The number of aromatic amines is 1. The normalized spacial score (nSPS) is 10.1. The summed E-state index contributed by atoms with van der Waals surface area (Å²) >= 11 is 0. The fourth-order valence-electron chi connectivity index (χ4n) is 1.22. The van der Waals surface area contributed by atoms with Gasteiger partial charge in [0.1, 0.15) is 0 Å². The van der Waals surface area contributed by atoms with Crippen molar-refractivity contribution in [1.82, 2.24) is 15.3 Å². The van der Waals surface area contributed by atoms with E-state index in [1.807, 2.05) is 0 Å². The molecule has 0 atom stereocenters. The lowest BCUT2D eigenvalue weighted by Crippen LogP contribution is -2.29. The number of para-hydroxylation sites is 2. The maximum absolute atomic E-state index is 11.2. The van der Waals surface area contributed by atoms with Crippen LogP contribution in [0.4, 0.5) is 4.79 Å². The van der Waals surface area contributed by atoms with E-state index in [2.05, 4.69) is 9.97 Å². The Hall–Kier alpha value is -2.37. The lowest BCUT2D eigenvalue weighted by Gasteiger charge is -1.93. The van der Waals surface area contributed by atoms with Gasteiger partial charge in [0.2, 0.25) is 0 Å². The lowest BCUT2D eigenvalue weighted by molar-refractivity contribution is 0.0939. The maximum atomic E-state index is 11.2. The number of amides is 2. The van der Waals surface area contributed by atoms with Gasteiger partial charge in [-0.3, -0.25) is 10.1 Å². The second kappa shape index (κ2) is 3.41. The summed E-state index contributed by atoms with van der Waals surface area (Å²) in [5.74, 6) is -0.780. The van der Waals surface area contributed by atoms with E-state index < -0.39 is 12.0 Å². The molecule has 0 aliphatic heterocycles. The van der Waals surface area contributed by atoms with Crippen LogP contribution >= 0.6 is 0 Å². The summed E-state index contributed by atoms with van der Waals surface area (Å²) in [7, 11) is 0.